The van der Waals surface area contributed by atoms with E-state index in [0.29, 0.717) is 18.1 Å². The predicted octanol–water partition coefficient (Wildman–Crippen LogP) is 0.783. The summed E-state index contributed by atoms with van der Waals surface area (Å²) in [6, 6.07) is 4.17. The van der Waals surface area contributed by atoms with Crippen LogP contribution in [-0.4, -0.2) is 69.2 Å². The third-order valence-electron chi connectivity index (χ3n) is 3.32. The Morgan fingerprint density at radius 1 is 1.35 bits per heavy atom. The zero-order valence-corrected chi connectivity index (χ0v) is 16.1. The lowest BCUT2D eigenvalue weighted by Gasteiger charge is -2.16. The lowest BCUT2D eigenvalue weighted by Crippen LogP contribution is -2.36. The van der Waals surface area contributed by atoms with Crippen LogP contribution in [0.25, 0.3) is 0 Å². The van der Waals surface area contributed by atoms with Crippen LogP contribution in [0.5, 0.6) is 0 Å². The van der Waals surface area contributed by atoms with Gasteiger partial charge in [0.2, 0.25) is 0 Å². The standard InChI is InChI=1S/C16H27N5O4S/c1-4-8-17-11-19-16(21(2)3)20-12-18-15-10-14(26(23,24)25)6-5-13(15)7-9-22/h5-6,10-11,18,22H,4,7-9,12H2,1-3H3,(H,17,19,20)(H,23,24,25). The first-order valence-electron chi connectivity index (χ1n) is 8.21. The molecule has 0 fully saturated rings. The number of guanidine groups is 1. The highest BCUT2D eigenvalue weighted by molar-refractivity contribution is 7.85. The summed E-state index contributed by atoms with van der Waals surface area (Å²) in [6.07, 6.45) is 2.88. The van der Waals surface area contributed by atoms with Crippen molar-refractivity contribution in [3.8, 4) is 0 Å². The molecule has 10 heteroatoms. The first-order valence-corrected chi connectivity index (χ1v) is 9.65. The fourth-order valence-electron chi connectivity index (χ4n) is 2.03. The molecular weight excluding hydrogens is 358 g/mol. The Bertz CT molecular complexity index is 732. The summed E-state index contributed by atoms with van der Waals surface area (Å²) < 4.78 is 31.8. The monoisotopic (exact) mass is 385 g/mol. The summed E-state index contributed by atoms with van der Waals surface area (Å²) in [5.41, 5.74) is 1.20. The maximum atomic E-state index is 11.3. The van der Waals surface area contributed by atoms with Gasteiger partial charge in [0.05, 0.1) is 11.2 Å². The molecule has 26 heavy (non-hydrogen) atoms. The number of nitrogens with one attached hydrogen (secondary N) is 2. The molecule has 0 atom stereocenters. The number of hydrogen-bond acceptors (Lipinski definition) is 6. The summed E-state index contributed by atoms with van der Waals surface area (Å²) in [7, 11) is -0.648. The fraction of sp³-hybridized carbons (Fsp3) is 0.500. The number of hydrogen-bond donors (Lipinski definition) is 4. The van der Waals surface area contributed by atoms with Gasteiger partial charge in [0.1, 0.15) is 6.67 Å². The number of rotatable bonds is 9. The van der Waals surface area contributed by atoms with Crippen LogP contribution in [0.15, 0.2) is 33.1 Å². The van der Waals surface area contributed by atoms with Crippen LogP contribution in [0.4, 0.5) is 5.69 Å². The summed E-state index contributed by atoms with van der Waals surface area (Å²) in [6.45, 7) is 2.84. The van der Waals surface area contributed by atoms with Crippen LogP contribution in [0.1, 0.15) is 18.9 Å². The first kappa shape index (κ1) is 21.9. The molecule has 0 aliphatic carbocycles. The van der Waals surface area contributed by atoms with Crippen LogP contribution < -0.4 is 10.6 Å². The molecule has 0 amide bonds. The van der Waals surface area contributed by atoms with Gasteiger partial charge < -0.3 is 20.6 Å². The number of aliphatic hydroxyl groups is 1. The van der Waals surface area contributed by atoms with E-state index in [1.165, 1.54) is 12.1 Å². The zero-order chi connectivity index (χ0) is 19.6. The molecule has 0 aliphatic rings. The van der Waals surface area contributed by atoms with Crippen molar-refractivity contribution in [3.63, 3.8) is 0 Å². The van der Waals surface area contributed by atoms with Crippen LogP contribution in [0.2, 0.25) is 0 Å². The first-order chi connectivity index (χ1) is 12.3. The van der Waals surface area contributed by atoms with Crippen molar-refractivity contribution in [1.82, 2.24) is 10.2 Å². The van der Waals surface area contributed by atoms with Crippen molar-refractivity contribution >= 4 is 28.1 Å². The van der Waals surface area contributed by atoms with Gasteiger partial charge in [-0.3, -0.25) is 9.55 Å². The average molecular weight is 385 g/mol. The lowest BCUT2D eigenvalue weighted by atomic mass is 10.1. The van der Waals surface area contributed by atoms with Crippen LogP contribution in [0, 0.1) is 0 Å². The Hall–Kier alpha value is -2.17. The van der Waals surface area contributed by atoms with E-state index in [0.717, 1.165) is 18.5 Å². The number of aliphatic hydroxyl groups excluding tert-OH is 1. The third kappa shape index (κ3) is 7.38. The largest absolute Gasteiger partial charge is 0.396 e. The molecule has 0 saturated carbocycles. The highest BCUT2D eigenvalue weighted by atomic mass is 32.2. The highest BCUT2D eigenvalue weighted by Gasteiger charge is 2.12. The Balaban J connectivity index is 2.91. The number of aliphatic imine (C=N–C) groups is 2. The normalized spacial score (nSPS) is 12.4. The minimum absolute atomic E-state index is 0.0818. The Morgan fingerprint density at radius 3 is 2.65 bits per heavy atom. The molecule has 0 spiro atoms. The van der Waals surface area contributed by atoms with Gasteiger partial charge in [-0.2, -0.15) is 8.42 Å². The second kappa shape index (κ2) is 10.7. The lowest BCUT2D eigenvalue weighted by molar-refractivity contribution is 0.300. The molecule has 1 rings (SSSR count). The molecule has 1 aromatic carbocycles. The van der Waals surface area contributed by atoms with Gasteiger partial charge in [-0.25, -0.2) is 4.99 Å². The van der Waals surface area contributed by atoms with Crippen LogP contribution in [-0.2, 0) is 16.5 Å². The van der Waals surface area contributed by atoms with Crippen molar-refractivity contribution < 1.29 is 18.1 Å². The van der Waals surface area contributed by atoms with E-state index < -0.39 is 10.1 Å². The molecule has 0 heterocycles. The Kier molecular flexibility index (Phi) is 9.03. The average Bonchev–Trinajstić information content (AvgIpc) is 2.57. The smallest absolute Gasteiger partial charge is 0.294 e. The summed E-state index contributed by atoms with van der Waals surface area (Å²) in [4.78, 5) is 10.1. The van der Waals surface area contributed by atoms with Crippen molar-refractivity contribution in [2.45, 2.75) is 24.7 Å². The molecule has 0 bridgehead atoms. The third-order valence-corrected chi connectivity index (χ3v) is 4.17. The number of anilines is 1. The maximum absolute atomic E-state index is 11.3. The summed E-state index contributed by atoms with van der Waals surface area (Å²) in [5, 5.41) is 15.1. The molecule has 0 aromatic heterocycles. The molecule has 0 radical (unpaired) electrons. The number of benzene rings is 1. The molecule has 0 aliphatic heterocycles. The van der Waals surface area contributed by atoms with E-state index in [-0.39, 0.29) is 18.2 Å². The van der Waals surface area contributed by atoms with Crippen molar-refractivity contribution in [1.29, 1.82) is 0 Å². The van der Waals surface area contributed by atoms with Crippen LogP contribution in [0.3, 0.4) is 0 Å². The minimum atomic E-state index is -4.31. The van der Waals surface area contributed by atoms with Gasteiger partial charge >= 0.3 is 0 Å². The molecule has 1 aromatic rings. The topological polar surface area (TPSA) is 127 Å². The van der Waals surface area contributed by atoms with Gasteiger partial charge in [-0.15, -0.1) is 0 Å². The Labute approximate surface area is 154 Å². The van der Waals surface area contributed by atoms with Gasteiger partial charge in [0, 0.05) is 32.9 Å². The molecule has 146 valence electrons. The number of nitrogens with zero attached hydrogens (tertiary/aromatic N) is 3. The van der Waals surface area contributed by atoms with Gasteiger partial charge in [0.25, 0.3) is 10.1 Å². The van der Waals surface area contributed by atoms with Crippen molar-refractivity contribution in [2.75, 3.05) is 39.2 Å². The molecular formula is C16H27N5O4S. The highest BCUT2D eigenvalue weighted by Crippen LogP contribution is 2.21. The van der Waals surface area contributed by atoms with E-state index in [9.17, 15) is 13.0 Å². The van der Waals surface area contributed by atoms with E-state index in [1.807, 2.05) is 21.0 Å². The summed E-state index contributed by atoms with van der Waals surface area (Å²) >= 11 is 0. The quantitative estimate of drug-likeness (QED) is 0.281. The van der Waals surface area contributed by atoms with Crippen molar-refractivity contribution in [2.24, 2.45) is 9.98 Å². The van der Waals surface area contributed by atoms with Crippen molar-refractivity contribution in [3.05, 3.63) is 23.8 Å². The van der Waals surface area contributed by atoms with E-state index >= 15 is 0 Å². The molecule has 4 N–H and O–H groups in total. The molecule has 0 unspecified atom stereocenters. The van der Waals surface area contributed by atoms with Gasteiger partial charge in [0.15, 0.2) is 5.96 Å². The fourth-order valence-corrected chi connectivity index (χ4v) is 2.54. The maximum Gasteiger partial charge on any atom is 0.294 e. The van der Waals surface area contributed by atoms with Crippen LogP contribution >= 0.6 is 0 Å². The second-order valence-electron chi connectivity index (χ2n) is 5.66. The van der Waals surface area contributed by atoms with E-state index in [4.69, 9.17) is 5.11 Å². The SMILES string of the molecule is CCCN=CN/C(=N\CNc1cc(S(=O)(=O)O)ccc1CCO)N(C)C. The summed E-state index contributed by atoms with van der Waals surface area (Å²) in [5.74, 6) is 0.576. The van der Waals surface area contributed by atoms with Gasteiger partial charge in [-0.1, -0.05) is 13.0 Å². The minimum Gasteiger partial charge on any atom is -0.396 e. The Morgan fingerprint density at radius 2 is 2.08 bits per heavy atom. The second-order valence-corrected chi connectivity index (χ2v) is 7.08. The van der Waals surface area contributed by atoms with E-state index in [2.05, 4.69) is 20.6 Å². The zero-order valence-electron chi connectivity index (χ0n) is 15.3. The predicted molar refractivity (Wildman–Crippen MR) is 103 cm³/mol. The van der Waals surface area contributed by atoms with Gasteiger partial charge in [-0.05, 0) is 30.5 Å². The van der Waals surface area contributed by atoms with E-state index in [1.54, 1.807) is 17.3 Å². The molecule has 0 saturated heterocycles. The molecule has 9 nitrogen and oxygen atoms in total.